The molecule has 0 aromatic heterocycles. The lowest BCUT2D eigenvalue weighted by Crippen LogP contribution is -2.31. The van der Waals surface area contributed by atoms with Gasteiger partial charge in [0.2, 0.25) is 0 Å². The maximum atomic E-state index is 12.6. The van der Waals surface area contributed by atoms with Crippen LogP contribution >= 0.6 is 0 Å². The number of hydrogen-bond acceptors (Lipinski definition) is 7. The highest BCUT2D eigenvalue weighted by molar-refractivity contribution is 6.22. The number of benzene rings is 2. The van der Waals surface area contributed by atoms with Crippen molar-refractivity contribution in [2.75, 3.05) is 25.6 Å². The van der Waals surface area contributed by atoms with Crippen LogP contribution < -0.4 is 5.32 Å². The molecule has 1 heterocycles. The number of nitrogens with one attached hydrogen (secondary N) is 1. The molecule has 2 aromatic carbocycles. The van der Waals surface area contributed by atoms with Gasteiger partial charge in [-0.1, -0.05) is 6.07 Å². The average molecular weight is 435 g/mol. The maximum Gasteiger partial charge on any atom is 0.338 e. The quantitative estimate of drug-likeness (QED) is 0.383. The third-order valence-corrected chi connectivity index (χ3v) is 4.85. The molecule has 0 radical (unpaired) electrons. The second kappa shape index (κ2) is 9.85. The van der Waals surface area contributed by atoms with E-state index < -0.39 is 29.8 Å². The Bertz CT molecular complexity index is 1120. The number of carbonyl (C=O) groups excluding carboxylic acids is 4. The van der Waals surface area contributed by atoms with E-state index in [2.05, 4.69) is 5.32 Å². The zero-order chi connectivity index (χ0) is 23.3. The van der Waals surface area contributed by atoms with Crippen molar-refractivity contribution in [1.82, 2.24) is 4.90 Å². The van der Waals surface area contributed by atoms with Crippen molar-refractivity contribution >= 4 is 29.4 Å². The topological polar surface area (TPSA) is 126 Å². The predicted octanol–water partition coefficient (Wildman–Crippen LogP) is 2.37. The molecular weight excluding hydrogens is 414 g/mol. The summed E-state index contributed by atoms with van der Waals surface area (Å²) < 4.78 is 10.2. The Morgan fingerprint density at radius 2 is 1.88 bits per heavy atom. The molecule has 1 aliphatic heterocycles. The normalized spacial score (nSPS) is 13.3. The maximum absolute atomic E-state index is 12.6. The van der Waals surface area contributed by atoms with Gasteiger partial charge in [0.25, 0.3) is 17.7 Å². The summed E-state index contributed by atoms with van der Waals surface area (Å²) in [4.78, 5) is 51.0. The fourth-order valence-electron chi connectivity index (χ4n) is 3.18. The molecule has 0 unspecified atom stereocenters. The van der Waals surface area contributed by atoms with E-state index in [-0.39, 0.29) is 23.2 Å². The number of rotatable bonds is 8. The van der Waals surface area contributed by atoms with Gasteiger partial charge in [-0.05, 0) is 49.7 Å². The van der Waals surface area contributed by atoms with Crippen LogP contribution in [0.4, 0.5) is 5.69 Å². The minimum atomic E-state index is -1.13. The first-order chi connectivity index (χ1) is 15.3. The second-order valence-corrected chi connectivity index (χ2v) is 7.10. The van der Waals surface area contributed by atoms with E-state index in [0.29, 0.717) is 24.3 Å². The average Bonchev–Trinajstić information content (AvgIpc) is 3.03. The minimum Gasteiger partial charge on any atom is -0.449 e. The van der Waals surface area contributed by atoms with E-state index >= 15 is 0 Å². The molecule has 0 saturated heterocycles. The molecule has 1 atom stereocenters. The van der Waals surface area contributed by atoms with E-state index in [9.17, 15) is 19.2 Å². The lowest BCUT2D eigenvalue weighted by molar-refractivity contribution is -0.123. The van der Waals surface area contributed by atoms with Crippen molar-refractivity contribution < 1.29 is 28.7 Å². The number of nitrogens with zero attached hydrogens (tertiary/aromatic N) is 2. The molecule has 1 aliphatic rings. The number of esters is 1. The molecule has 2 aromatic rings. The van der Waals surface area contributed by atoms with Gasteiger partial charge in [-0.2, -0.15) is 5.26 Å². The van der Waals surface area contributed by atoms with Gasteiger partial charge in [-0.25, -0.2) is 4.79 Å². The molecule has 9 heteroatoms. The summed E-state index contributed by atoms with van der Waals surface area (Å²) in [5.74, 6) is -2.29. The smallest absolute Gasteiger partial charge is 0.338 e. The number of amides is 3. The molecular formula is C23H21N3O6. The molecule has 0 saturated carbocycles. The van der Waals surface area contributed by atoms with Gasteiger partial charge < -0.3 is 14.8 Å². The first-order valence-corrected chi connectivity index (χ1v) is 9.87. The number of nitriles is 1. The SMILES string of the molecule is COCCCN1C(=O)c2ccc(C(=O)O[C@@H](C)C(=O)Nc3cccc(C#N)c3)cc2C1=O. The number of ether oxygens (including phenoxy) is 2. The molecule has 1 N–H and O–H groups in total. The van der Waals surface area contributed by atoms with Crippen LogP contribution in [-0.4, -0.2) is 55.0 Å². The first-order valence-electron chi connectivity index (χ1n) is 9.87. The largest absolute Gasteiger partial charge is 0.449 e. The Morgan fingerprint density at radius 1 is 1.12 bits per heavy atom. The summed E-state index contributed by atoms with van der Waals surface area (Å²) in [6.45, 7) is 2.02. The number of fused-ring (bicyclic) bond motifs is 1. The summed E-state index contributed by atoms with van der Waals surface area (Å²) in [7, 11) is 1.53. The lowest BCUT2D eigenvalue weighted by Gasteiger charge is -2.14. The van der Waals surface area contributed by atoms with Crippen LogP contribution in [0.25, 0.3) is 0 Å². The van der Waals surface area contributed by atoms with Crippen molar-refractivity contribution in [3.05, 3.63) is 64.7 Å². The summed E-state index contributed by atoms with van der Waals surface area (Å²) in [6.07, 6.45) is -0.634. The molecule has 9 nitrogen and oxygen atoms in total. The standard InChI is InChI=1S/C23H21N3O6/c1-14(20(27)25-17-6-3-5-15(11-17)13-24)32-23(30)16-7-8-18-19(12-16)22(29)26(21(18)28)9-4-10-31-2/h3,5-8,11-12,14H,4,9-10H2,1-2H3,(H,25,27)/t14-/m0/s1. The number of hydrogen-bond donors (Lipinski definition) is 1. The number of imide groups is 1. The van der Waals surface area contributed by atoms with Crippen molar-refractivity contribution in [3.8, 4) is 6.07 Å². The third kappa shape index (κ3) is 4.82. The fourth-order valence-corrected chi connectivity index (χ4v) is 3.18. The van der Waals surface area contributed by atoms with Crippen molar-refractivity contribution in [2.45, 2.75) is 19.4 Å². The van der Waals surface area contributed by atoms with Crippen LogP contribution in [0.5, 0.6) is 0 Å². The zero-order valence-corrected chi connectivity index (χ0v) is 17.6. The molecule has 0 fully saturated rings. The summed E-state index contributed by atoms with van der Waals surface area (Å²) in [6, 6.07) is 12.4. The van der Waals surface area contributed by atoms with Crippen LogP contribution in [0.3, 0.4) is 0 Å². The highest BCUT2D eigenvalue weighted by Gasteiger charge is 2.35. The molecule has 0 spiro atoms. The van der Waals surface area contributed by atoms with Crippen molar-refractivity contribution in [3.63, 3.8) is 0 Å². The molecule has 0 bridgehead atoms. The number of carbonyl (C=O) groups is 4. The van der Waals surface area contributed by atoms with Gasteiger partial charge in [0, 0.05) is 25.9 Å². The Morgan fingerprint density at radius 3 is 2.59 bits per heavy atom. The first kappa shape index (κ1) is 22.7. The fraction of sp³-hybridized carbons (Fsp3) is 0.261. The van der Waals surface area contributed by atoms with Gasteiger partial charge in [-0.15, -0.1) is 0 Å². The summed E-state index contributed by atoms with van der Waals surface area (Å²) in [5.41, 5.74) is 1.16. The van der Waals surface area contributed by atoms with Crippen LogP contribution in [0, 0.1) is 11.3 Å². The van der Waals surface area contributed by atoms with Gasteiger partial charge in [0.1, 0.15) is 0 Å². The van der Waals surface area contributed by atoms with E-state index in [1.165, 1.54) is 38.3 Å². The van der Waals surface area contributed by atoms with Crippen molar-refractivity contribution in [1.29, 1.82) is 5.26 Å². The zero-order valence-electron chi connectivity index (χ0n) is 17.6. The van der Waals surface area contributed by atoms with Crippen LogP contribution in [0.1, 0.15) is 50.0 Å². The van der Waals surface area contributed by atoms with E-state index in [1.807, 2.05) is 6.07 Å². The molecule has 32 heavy (non-hydrogen) atoms. The minimum absolute atomic E-state index is 0.0507. The predicted molar refractivity (Wildman–Crippen MR) is 113 cm³/mol. The van der Waals surface area contributed by atoms with E-state index in [1.54, 1.807) is 18.2 Å². The Kier molecular flexibility index (Phi) is 6.97. The molecule has 0 aliphatic carbocycles. The monoisotopic (exact) mass is 435 g/mol. The van der Waals surface area contributed by atoms with Gasteiger partial charge in [0.15, 0.2) is 6.10 Å². The number of anilines is 1. The molecule has 164 valence electrons. The highest BCUT2D eigenvalue weighted by Crippen LogP contribution is 2.25. The van der Waals surface area contributed by atoms with E-state index in [0.717, 1.165) is 4.90 Å². The number of methoxy groups -OCH3 is 1. The van der Waals surface area contributed by atoms with Crippen LogP contribution in [0.15, 0.2) is 42.5 Å². The van der Waals surface area contributed by atoms with Gasteiger partial charge in [-0.3, -0.25) is 19.3 Å². The Hall–Kier alpha value is -4.03. The van der Waals surface area contributed by atoms with Crippen LogP contribution in [-0.2, 0) is 14.3 Å². The Balaban J connectivity index is 1.66. The molecule has 3 rings (SSSR count). The summed E-state index contributed by atoms with van der Waals surface area (Å²) >= 11 is 0. The Labute approximate surface area is 184 Å². The van der Waals surface area contributed by atoms with Gasteiger partial charge in [0.05, 0.1) is 28.3 Å². The van der Waals surface area contributed by atoms with Crippen LogP contribution in [0.2, 0.25) is 0 Å². The third-order valence-electron chi connectivity index (χ3n) is 4.85. The second-order valence-electron chi connectivity index (χ2n) is 7.10. The molecule has 3 amide bonds. The van der Waals surface area contributed by atoms with Crippen molar-refractivity contribution in [2.24, 2.45) is 0 Å². The highest BCUT2D eigenvalue weighted by atomic mass is 16.5. The summed E-state index contributed by atoms with van der Waals surface area (Å²) in [5, 5.41) is 11.5. The lowest BCUT2D eigenvalue weighted by atomic mass is 10.1. The van der Waals surface area contributed by atoms with Gasteiger partial charge >= 0.3 is 5.97 Å². The van der Waals surface area contributed by atoms with E-state index in [4.69, 9.17) is 14.7 Å².